The molecule has 0 aromatic carbocycles. The molecule has 2 unspecified atom stereocenters. The molecule has 1 aliphatic carbocycles. The Bertz CT molecular complexity index is 360. The molecule has 2 aliphatic heterocycles. The molecule has 2 bridgehead atoms. The van der Waals surface area contributed by atoms with E-state index >= 15 is 0 Å². The number of fused-ring (bicyclic) bond motifs is 2. The molecular weight excluding hydrogens is 250 g/mol. The molecule has 2 saturated heterocycles. The quantitative estimate of drug-likeness (QED) is 0.853. The van der Waals surface area contributed by atoms with E-state index < -0.39 is 0 Å². The summed E-state index contributed by atoms with van der Waals surface area (Å²) < 4.78 is 0. The Morgan fingerprint density at radius 2 is 1.95 bits per heavy atom. The van der Waals surface area contributed by atoms with Crippen molar-refractivity contribution in [2.75, 3.05) is 19.6 Å². The predicted molar refractivity (Wildman–Crippen MR) is 80.3 cm³/mol. The normalized spacial score (nSPS) is 38.2. The number of amides is 1. The minimum Gasteiger partial charge on any atom is -0.335 e. The second-order valence-electron chi connectivity index (χ2n) is 6.93. The van der Waals surface area contributed by atoms with Crippen LogP contribution in [-0.2, 0) is 4.79 Å². The lowest BCUT2D eigenvalue weighted by Gasteiger charge is -2.30. The number of nitrogens with zero attached hydrogens (tertiary/aromatic N) is 2. The highest BCUT2D eigenvalue weighted by Gasteiger charge is 2.40. The highest BCUT2D eigenvalue weighted by Crippen LogP contribution is 2.33. The van der Waals surface area contributed by atoms with E-state index in [1.54, 1.807) is 0 Å². The number of likely N-dealkylation sites (N-methyl/N-ethyl adjacent to an activating group) is 1. The zero-order chi connectivity index (χ0) is 14.1. The first-order valence-corrected chi connectivity index (χ1v) is 8.48. The third-order valence-corrected chi connectivity index (χ3v) is 5.76. The number of carbonyl (C=O) groups excluding carboxylic acids is 1. The summed E-state index contributed by atoms with van der Waals surface area (Å²) in [6, 6.07) is 1.23. The van der Waals surface area contributed by atoms with Gasteiger partial charge in [-0.15, -0.1) is 0 Å². The van der Waals surface area contributed by atoms with Crippen molar-refractivity contribution in [3.63, 3.8) is 0 Å². The first-order valence-electron chi connectivity index (χ1n) is 8.48. The lowest BCUT2D eigenvalue weighted by atomic mass is 9.99. The van der Waals surface area contributed by atoms with Gasteiger partial charge < -0.3 is 15.5 Å². The third-order valence-electron chi connectivity index (χ3n) is 5.76. The van der Waals surface area contributed by atoms with Crippen molar-refractivity contribution < 1.29 is 4.79 Å². The van der Waals surface area contributed by atoms with E-state index in [0.717, 1.165) is 38.9 Å². The zero-order valence-electron chi connectivity index (χ0n) is 12.8. The van der Waals surface area contributed by atoms with Gasteiger partial charge in [0.1, 0.15) is 0 Å². The molecule has 20 heavy (non-hydrogen) atoms. The van der Waals surface area contributed by atoms with Crippen LogP contribution in [0.15, 0.2) is 0 Å². The summed E-state index contributed by atoms with van der Waals surface area (Å²) in [5.41, 5.74) is 6.14. The average Bonchev–Trinajstić information content (AvgIpc) is 2.93. The van der Waals surface area contributed by atoms with Crippen molar-refractivity contribution in [2.24, 2.45) is 11.7 Å². The third kappa shape index (κ3) is 2.73. The second kappa shape index (κ2) is 6.02. The topological polar surface area (TPSA) is 49.6 Å². The molecule has 2 N–H and O–H groups in total. The van der Waals surface area contributed by atoms with E-state index in [-0.39, 0.29) is 6.04 Å². The van der Waals surface area contributed by atoms with Gasteiger partial charge in [-0.25, -0.2) is 0 Å². The monoisotopic (exact) mass is 279 g/mol. The van der Waals surface area contributed by atoms with Crippen molar-refractivity contribution in [2.45, 2.75) is 70.0 Å². The maximum Gasteiger partial charge on any atom is 0.223 e. The highest BCUT2D eigenvalue weighted by atomic mass is 16.2. The molecule has 4 nitrogen and oxygen atoms in total. The van der Waals surface area contributed by atoms with Crippen molar-refractivity contribution >= 4 is 5.91 Å². The Kier molecular flexibility index (Phi) is 4.32. The van der Waals surface area contributed by atoms with E-state index in [0.29, 0.717) is 30.3 Å². The molecule has 1 saturated carbocycles. The minimum absolute atomic E-state index is 0.260. The second-order valence-corrected chi connectivity index (χ2v) is 6.93. The van der Waals surface area contributed by atoms with E-state index in [1.165, 1.54) is 19.3 Å². The molecule has 3 rings (SSSR count). The summed E-state index contributed by atoms with van der Waals surface area (Å²) in [4.78, 5) is 17.5. The van der Waals surface area contributed by atoms with Gasteiger partial charge in [-0.1, -0.05) is 13.3 Å². The Balaban J connectivity index is 1.64. The number of carbonyl (C=O) groups is 1. The van der Waals surface area contributed by atoms with Crippen molar-refractivity contribution in [3.8, 4) is 0 Å². The summed E-state index contributed by atoms with van der Waals surface area (Å²) >= 11 is 0. The first kappa shape index (κ1) is 14.3. The van der Waals surface area contributed by atoms with Gasteiger partial charge in [-0.2, -0.15) is 0 Å². The summed E-state index contributed by atoms with van der Waals surface area (Å²) in [6.07, 6.45) is 7.72. The number of rotatable bonds is 3. The van der Waals surface area contributed by atoms with Crippen LogP contribution in [0.25, 0.3) is 0 Å². The van der Waals surface area contributed by atoms with E-state index in [1.807, 2.05) is 0 Å². The lowest BCUT2D eigenvalue weighted by Crippen LogP contribution is -2.44. The van der Waals surface area contributed by atoms with Crippen LogP contribution < -0.4 is 5.73 Å². The highest BCUT2D eigenvalue weighted by molar-refractivity contribution is 5.77. The van der Waals surface area contributed by atoms with E-state index in [4.69, 9.17) is 5.73 Å². The molecule has 0 aromatic rings. The van der Waals surface area contributed by atoms with Gasteiger partial charge in [0.15, 0.2) is 0 Å². The SMILES string of the molecule is CCN1CCC2CCC(C1)N2C(=O)C[C@@H]1CCC[C@H]1N. The Labute approximate surface area is 122 Å². The van der Waals surface area contributed by atoms with Crippen LogP contribution in [0.4, 0.5) is 0 Å². The predicted octanol–water partition coefficient (Wildman–Crippen LogP) is 1.59. The Morgan fingerprint density at radius 3 is 2.65 bits per heavy atom. The number of nitrogens with two attached hydrogens (primary N) is 1. The number of likely N-dealkylation sites (tertiary alicyclic amines) is 1. The molecule has 2 heterocycles. The fourth-order valence-corrected chi connectivity index (χ4v) is 4.49. The van der Waals surface area contributed by atoms with Gasteiger partial charge in [-0.3, -0.25) is 4.79 Å². The van der Waals surface area contributed by atoms with Crippen molar-refractivity contribution in [1.29, 1.82) is 0 Å². The summed E-state index contributed by atoms with van der Waals surface area (Å²) in [6.45, 7) is 5.57. The summed E-state index contributed by atoms with van der Waals surface area (Å²) in [7, 11) is 0. The molecular formula is C16H29N3O. The Morgan fingerprint density at radius 1 is 1.15 bits per heavy atom. The smallest absolute Gasteiger partial charge is 0.223 e. The van der Waals surface area contributed by atoms with Crippen LogP contribution >= 0.6 is 0 Å². The molecule has 4 heteroatoms. The standard InChI is InChI=1S/C16H29N3O/c1-2-18-9-8-13-6-7-14(11-18)19(13)16(20)10-12-4-3-5-15(12)17/h12-15H,2-11,17H2,1H3/t12-,13?,14?,15+/m0/s1. The Hall–Kier alpha value is -0.610. The fraction of sp³-hybridized carbons (Fsp3) is 0.938. The van der Waals surface area contributed by atoms with Crippen LogP contribution in [0.2, 0.25) is 0 Å². The molecule has 0 spiro atoms. The van der Waals surface area contributed by atoms with E-state index in [2.05, 4.69) is 16.7 Å². The maximum absolute atomic E-state index is 12.8. The van der Waals surface area contributed by atoms with Crippen LogP contribution in [0.3, 0.4) is 0 Å². The maximum atomic E-state index is 12.8. The summed E-state index contributed by atoms with van der Waals surface area (Å²) in [5.74, 6) is 0.824. The minimum atomic E-state index is 0.260. The average molecular weight is 279 g/mol. The number of hydrogen-bond donors (Lipinski definition) is 1. The van der Waals surface area contributed by atoms with Crippen molar-refractivity contribution in [1.82, 2.24) is 9.80 Å². The molecule has 4 atom stereocenters. The number of hydrogen-bond acceptors (Lipinski definition) is 3. The molecule has 114 valence electrons. The molecule has 3 fully saturated rings. The van der Waals surface area contributed by atoms with Crippen LogP contribution in [-0.4, -0.2) is 53.5 Å². The first-order chi connectivity index (χ1) is 9.69. The van der Waals surface area contributed by atoms with Crippen molar-refractivity contribution in [3.05, 3.63) is 0 Å². The molecule has 0 radical (unpaired) electrons. The van der Waals surface area contributed by atoms with Gasteiger partial charge in [-0.05, 0) is 44.6 Å². The van der Waals surface area contributed by atoms with Gasteiger partial charge in [0.2, 0.25) is 5.91 Å². The van der Waals surface area contributed by atoms with Gasteiger partial charge in [0.05, 0.1) is 0 Å². The lowest BCUT2D eigenvalue weighted by molar-refractivity contribution is -0.135. The molecule has 3 aliphatic rings. The van der Waals surface area contributed by atoms with Crippen LogP contribution in [0, 0.1) is 5.92 Å². The molecule has 1 amide bonds. The van der Waals surface area contributed by atoms with Gasteiger partial charge >= 0.3 is 0 Å². The fourth-order valence-electron chi connectivity index (χ4n) is 4.49. The summed E-state index contributed by atoms with van der Waals surface area (Å²) in [5, 5.41) is 0. The molecule has 0 aromatic heterocycles. The van der Waals surface area contributed by atoms with Gasteiger partial charge in [0, 0.05) is 37.6 Å². The zero-order valence-corrected chi connectivity index (χ0v) is 12.8. The van der Waals surface area contributed by atoms with Crippen LogP contribution in [0.5, 0.6) is 0 Å². The largest absolute Gasteiger partial charge is 0.335 e. The van der Waals surface area contributed by atoms with Gasteiger partial charge in [0.25, 0.3) is 0 Å². The van der Waals surface area contributed by atoms with Crippen LogP contribution in [0.1, 0.15) is 51.9 Å². The van der Waals surface area contributed by atoms with E-state index in [9.17, 15) is 4.79 Å².